The van der Waals surface area contributed by atoms with Crippen LogP contribution >= 0.6 is 11.3 Å². The molecule has 1 aliphatic rings. The molecule has 1 aromatic heterocycles. The second kappa shape index (κ2) is 5.90. The first-order valence-electron chi connectivity index (χ1n) is 7.24. The lowest BCUT2D eigenvalue weighted by molar-refractivity contribution is -0.132. The van der Waals surface area contributed by atoms with Crippen molar-refractivity contribution in [2.24, 2.45) is 0 Å². The lowest BCUT2D eigenvalue weighted by Gasteiger charge is -2.36. The summed E-state index contributed by atoms with van der Waals surface area (Å²) in [5, 5.41) is 2.13. The van der Waals surface area contributed by atoms with Crippen LogP contribution < -0.4 is 4.74 Å². The van der Waals surface area contributed by atoms with Gasteiger partial charge >= 0.3 is 0 Å². The molecule has 0 radical (unpaired) electrons. The van der Waals surface area contributed by atoms with Crippen LogP contribution in [0, 0.1) is 0 Å². The van der Waals surface area contributed by atoms with Gasteiger partial charge in [0.2, 0.25) is 5.91 Å². The van der Waals surface area contributed by atoms with Gasteiger partial charge in [0, 0.05) is 17.8 Å². The fourth-order valence-corrected chi connectivity index (χ4v) is 3.84. The Bertz CT molecular complexity index is 632. The second-order valence-electron chi connectivity index (χ2n) is 5.17. The maximum Gasteiger partial charge on any atom is 0.223 e. The summed E-state index contributed by atoms with van der Waals surface area (Å²) in [5.41, 5.74) is 2.43. The Morgan fingerprint density at radius 1 is 1.33 bits per heavy atom. The van der Waals surface area contributed by atoms with Crippen molar-refractivity contribution in [3.05, 3.63) is 51.7 Å². The maximum atomic E-state index is 12.3. The van der Waals surface area contributed by atoms with Gasteiger partial charge in [-0.15, -0.1) is 11.3 Å². The van der Waals surface area contributed by atoms with Crippen LogP contribution in [0.15, 0.2) is 35.7 Å². The van der Waals surface area contributed by atoms with Crippen molar-refractivity contribution in [2.45, 2.75) is 25.8 Å². The number of carbonyl (C=O) groups is 1. The number of fused-ring (bicyclic) bond motifs is 1. The van der Waals surface area contributed by atoms with Crippen molar-refractivity contribution in [1.82, 2.24) is 4.90 Å². The van der Waals surface area contributed by atoms with E-state index in [1.54, 1.807) is 18.4 Å². The zero-order valence-corrected chi connectivity index (χ0v) is 13.2. The predicted molar refractivity (Wildman–Crippen MR) is 84.9 cm³/mol. The van der Waals surface area contributed by atoms with Gasteiger partial charge in [-0.1, -0.05) is 19.1 Å². The molecule has 1 unspecified atom stereocenters. The van der Waals surface area contributed by atoms with Gasteiger partial charge in [0.15, 0.2) is 0 Å². The Balaban J connectivity index is 2.03. The number of nitrogens with zero attached hydrogens (tertiary/aromatic N) is 1. The highest BCUT2D eigenvalue weighted by atomic mass is 32.1. The normalized spacial score (nSPS) is 17.4. The van der Waals surface area contributed by atoms with Crippen LogP contribution in [0.25, 0.3) is 0 Å². The molecule has 0 spiro atoms. The van der Waals surface area contributed by atoms with E-state index in [2.05, 4.69) is 23.6 Å². The first-order chi connectivity index (χ1) is 10.2. The number of thiophene rings is 1. The van der Waals surface area contributed by atoms with Crippen LogP contribution in [-0.2, 0) is 11.2 Å². The summed E-state index contributed by atoms with van der Waals surface area (Å²) in [4.78, 5) is 15.7. The number of carbonyl (C=O) groups excluding carboxylic acids is 1. The molecule has 0 aliphatic carbocycles. The van der Waals surface area contributed by atoms with Gasteiger partial charge in [-0.05, 0) is 41.1 Å². The molecule has 1 aromatic carbocycles. The molecule has 2 aromatic rings. The summed E-state index contributed by atoms with van der Waals surface area (Å²) < 4.78 is 5.23. The highest BCUT2D eigenvalue weighted by Crippen LogP contribution is 2.38. The number of rotatable bonds is 3. The van der Waals surface area contributed by atoms with Crippen LogP contribution in [0.4, 0.5) is 0 Å². The number of hydrogen-bond donors (Lipinski definition) is 0. The highest BCUT2D eigenvalue weighted by Gasteiger charge is 2.31. The summed E-state index contributed by atoms with van der Waals surface area (Å²) in [6.07, 6.45) is 1.51. The minimum atomic E-state index is 0.0401. The van der Waals surface area contributed by atoms with E-state index < -0.39 is 0 Å². The predicted octanol–water partition coefficient (Wildman–Crippen LogP) is 3.64. The summed E-state index contributed by atoms with van der Waals surface area (Å²) >= 11 is 1.79. The zero-order valence-electron chi connectivity index (χ0n) is 12.3. The smallest absolute Gasteiger partial charge is 0.223 e. The first-order valence-corrected chi connectivity index (χ1v) is 8.12. The topological polar surface area (TPSA) is 29.5 Å². The molecule has 3 rings (SSSR count). The van der Waals surface area contributed by atoms with Crippen molar-refractivity contribution in [3.63, 3.8) is 0 Å². The molecule has 0 saturated carbocycles. The third kappa shape index (κ3) is 2.56. The number of benzene rings is 1. The lowest BCUT2D eigenvalue weighted by Crippen LogP contribution is -2.39. The summed E-state index contributed by atoms with van der Waals surface area (Å²) in [7, 11) is 1.67. The van der Waals surface area contributed by atoms with Crippen molar-refractivity contribution in [2.75, 3.05) is 13.7 Å². The van der Waals surface area contributed by atoms with E-state index >= 15 is 0 Å². The molecule has 0 N–H and O–H groups in total. The van der Waals surface area contributed by atoms with Gasteiger partial charge in [0.1, 0.15) is 5.75 Å². The maximum absolute atomic E-state index is 12.3. The highest BCUT2D eigenvalue weighted by molar-refractivity contribution is 7.10. The lowest BCUT2D eigenvalue weighted by atomic mass is 9.93. The Kier molecular flexibility index (Phi) is 3.97. The molecule has 0 fully saturated rings. The monoisotopic (exact) mass is 301 g/mol. The first kappa shape index (κ1) is 14.1. The van der Waals surface area contributed by atoms with Gasteiger partial charge in [0.25, 0.3) is 0 Å². The van der Waals surface area contributed by atoms with Gasteiger partial charge in [0.05, 0.1) is 13.2 Å². The number of ether oxygens (including phenoxy) is 1. The third-order valence-corrected chi connectivity index (χ3v) is 5.02. The minimum Gasteiger partial charge on any atom is -0.497 e. The molecule has 1 aliphatic heterocycles. The SMILES string of the molecule is CCC(=O)N1CCc2sccc2C1c1ccc(OC)cc1. The largest absolute Gasteiger partial charge is 0.497 e. The van der Waals surface area contributed by atoms with E-state index in [1.165, 1.54) is 10.4 Å². The van der Waals surface area contributed by atoms with E-state index in [9.17, 15) is 4.79 Å². The Hall–Kier alpha value is -1.81. The molecule has 1 atom stereocenters. The second-order valence-corrected chi connectivity index (χ2v) is 6.17. The summed E-state index contributed by atoms with van der Waals surface area (Å²) in [6.45, 7) is 2.73. The van der Waals surface area contributed by atoms with E-state index in [-0.39, 0.29) is 11.9 Å². The molecule has 0 saturated heterocycles. The molecule has 2 heterocycles. The molecular formula is C17H19NO2S. The molecular weight excluding hydrogens is 282 g/mol. The average Bonchev–Trinajstić information content (AvgIpc) is 3.02. The standard InChI is InChI=1S/C17H19NO2S/c1-3-16(19)18-10-8-15-14(9-11-21-15)17(18)12-4-6-13(20-2)7-5-12/h4-7,9,11,17H,3,8,10H2,1-2H3. The molecule has 21 heavy (non-hydrogen) atoms. The third-order valence-electron chi connectivity index (χ3n) is 4.02. The van der Waals surface area contributed by atoms with E-state index in [0.717, 1.165) is 24.3 Å². The summed E-state index contributed by atoms with van der Waals surface area (Å²) in [6, 6.07) is 10.2. The number of methoxy groups -OCH3 is 1. The van der Waals surface area contributed by atoms with E-state index in [4.69, 9.17) is 4.74 Å². The number of amides is 1. The average molecular weight is 301 g/mol. The van der Waals surface area contributed by atoms with Crippen LogP contribution in [0.3, 0.4) is 0 Å². The van der Waals surface area contributed by atoms with Gasteiger partial charge < -0.3 is 9.64 Å². The van der Waals surface area contributed by atoms with Crippen LogP contribution in [-0.4, -0.2) is 24.5 Å². The van der Waals surface area contributed by atoms with Gasteiger partial charge in [-0.2, -0.15) is 0 Å². The van der Waals surface area contributed by atoms with Gasteiger partial charge in [-0.25, -0.2) is 0 Å². The van der Waals surface area contributed by atoms with Gasteiger partial charge in [-0.3, -0.25) is 4.79 Å². The molecule has 0 bridgehead atoms. The van der Waals surface area contributed by atoms with E-state index in [1.807, 2.05) is 24.0 Å². The van der Waals surface area contributed by atoms with Crippen LogP contribution in [0.5, 0.6) is 5.75 Å². The molecule has 1 amide bonds. The number of hydrogen-bond acceptors (Lipinski definition) is 3. The molecule has 4 heteroatoms. The van der Waals surface area contributed by atoms with Crippen LogP contribution in [0.1, 0.15) is 35.4 Å². The van der Waals surface area contributed by atoms with Crippen molar-refractivity contribution < 1.29 is 9.53 Å². The fourth-order valence-electron chi connectivity index (χ4n) is 2.93. The van der Waals surface area contributed by atoms with Crippen molar-refractivity contribution in [1.29, 1.82) is 0 Å². The van der Waals surface area contributed by atoms with E-state index in [0.29, 0.717) is 6.42 Å². The Morgan fingerprint density at radius 2 is 2.10 bits per heavy atom. The zero-order chi connectivity index (χ0) is 14.8. The molecule has 110 valence electrons. The van der Waals surface area contributed by atoms with Crippen molar-refractivity contribution >= 4 is 17.2 Å². The summed E-state index contributed by atoms with van der Waals surface area (Å²) in [5.74, 6) is 1.06. The van der Waals surface area contributed by atoms with Crippen LogP contribution in [0.2, 0.25) is 0 Å². The Labute approximate surface area is 129 Å². The Morgan fingerprint density at radius 3 is 2.76 bits per heavy atom. The quantitative estimate of drug-likeness (QED) is 0.866. The fraction of sp³-hybridized carbons (Fsp3) is 0.353. The van der Waals surface area contributed by atoms with Crippen molar-refractivity contribution in [3.8, 4) is 5.75 Å². The molecule has 3 nitrogen and oxygen atoms in total. The minimum absolute atomic E-state index is 0.0401.